The molecule has 1 atom stereocenters. The highest BCUT2D eigenvalue weighted by atomic mass is 16.5. The van der Waals surface area contributed by atoms with Crippen molar-refractivity contribution in [2.24, 2.45) is 10.9 Å². The zero-order valence-electron chi connectivity index (χ0n) is 15.1. The molecule has 1 unspecified atom stereocenters. The zero-order valence-corrected chi connectivity index (χ0v) is 15.1. The third-order valence-corrected chi connectivity index (χ3v) is 4.60. The Morgan fingerprint density at radius 2 is 2.20 bits per heavy atom. The molecule has 0 aliphatic carbocycles. The summed E-state index contributed by atoms with van der Waals surface area (Å²) in [7, 11) is 3.62. The largest absolute Gasteiger partial charge is 0.384 e. The van der Waals surface area contributed by atoms with Crippen molar-refractivity contribution < 1.29 is 4.74 Å². The van der Waals surface area contributed by atoms with Gasteiger partial charge in [0.2, 0.25) is 0 Å². The Labute approximate surface area is 149 Å². The Hall–Kier alpha value is -2.34. The summed E-state index contributed by atoms with van der Waals surface area (Å²) in [5.41, 5.74) is 2.39. The molecule has 134 valence electrons. The van der Waals surface area contributed by atoms with Crippen LogP contribution in [0.5, 0.6) is 0 Å². The highest BCUT2D eigenvalue weighted by Gasteiger charge is 2.24. The highest BCUT2D eigenvalue weighted by Crippen LogP contribution is 2.16. The molecule has 1 aromatic heterocycles. The van der Waals surface area contributed by atoms with Gasteiger partial charge in [0.1, 0.15) is 0 Å². The zero-order chi connectivity index (χ0) is 17.5. The Balaban J connectivity index is 1.47. The summed E-state index contributed by atoms with van der Waals surface area (Å²) < 4.78 is 7.14. The number of ether oxygens (including phenoxy) is 1. The lowest BCUT2D eigenvalue weighted by molar-refractivity contribution is 0.157. The maximum Gasteiger partial charge on any atom is 0.193 e. The maximum absolute atomic E-state index is 5.27. The number of nitrogens with one attached hydrogen (secondary N) is 1. The summed E-state index contributed by atoms with van der Waals surface area (Å²) in [4.78, 5) is 6.75. The summed E-state index contributed by atoms with van der Waals surface area (Å²) in [5, 5.41) is 7.73. The molecule has 1 fully saturated rings. The lowest BCUT2D eigenvalue weighted by Crippen LogP contribution is -2.41. The van der Waals surface area contributed by atoms with E-state index in [9.17, 15) is 0 Å². The Morgan fingerprint density at radius 1 is 1.36 bits per heavy atom. The molecular weight excluding hydrogens is 314 g/mol. The second kappa shape index (κ2) is 8.67. The molecule has 3 rings (SSSR count). The van der Waals surface area contributed by atoms with E-state index in [1.807, 2.05) is 24.0 Å². The number of benzene rings is 1. The molecule has 0 amide bonds. The normalized spacial score (nSPS) is 17.9. The molecule has 1 aromatic carbocycles. The Kier molecular flexibility index (Phi) is 6.06. The topological polar surface area (TPSA) is 54.7 Å². The minimum absolute atomic E-state index is 0.610. The van der Waals surface area contributed by atoms with Gasteiger partial charge in [-0.25, -0.2) is 4.68 Å². The Bertz CT molecular complexity index is 666. The summed E-state index contributed by atoms with van der Waals surface area (Å²) in [6.07, 6.45) is 5.88. The van der Waals surface area contributed by atoms with Gasteiger partial charge < -0.3 is 15.0 Å². The number of hydrogen-bond acceptors (Lipinski definition) is 3. The SMILES string of the molecule is CN=C(NCCc1ccc(-n2cccn2)cc1)N1CCC(COC)C1. The first-order valence-corrected chi connectivity index (χ1v) is 8.83. The number of aliphatic imine (C=N–C) groups is 1. The maximum atomic E-state index is 5.27. The first kappa shape index (κ1) is 17.5. The van der Waals surface area contributed by atoms with E-state index in [4.69, 9.17) is 4.74 Å². The molecule has 1 N–H and O–H groups in total. The van der Waals surface area contributed by atoms with Crippen molar-refractivity contribution in [1.82, 2.24) is 20.0 Å². The number of rotatable bonds is 6. The molecule has 6 heteroatoms. The molecule has 2 heterocycles. The van der Waals surface area contributed by atoms with E-state index in [0.29, 0.717) is 5.92 Å². The van der Waals surface area contributed by atoms with Crippen molar-refractivity contribution in [2.75, 3.05) is 40.4 Å². The standard InChI is InChI=1S/C19H27N5O/c1-20-19(23-13-9-17(14-23)15-25-2)21-11-8-16-4-6-18(7-5-16)24-12-3-10-22-24/h3-7,10,12,17H,8-9,11,13-15H2,1-2H3,(H,20,21). The molecule has 0 radical (unpaired) electrons. The van der Waals surface area contributed by atoms with E-state index in [-0.39, 0.29) is 0 Å². The number of nitrogens with zero attached hydrogens (tertiary/aromatic N) is 4. The van der Waals surface area contributed by atoms with Gasteiger partial charge in [-0.15, -0.1) is 0 Å². The quantitative estimate of drug-likeness (QED) is 0.645. The van der Waals surface area contributed by atoms with Gasteiger partial charge in [-0.3, -0.25) is 4.99 Å². The van der Waals surface area contributed by atoms with Crippen molar-refractivity contribution in [3.8, 4) is 5.69 Å². The van der Waals surface area contributed by atoms with Gasteiger partial charge in [0, 0.05) is 52.1 Å². The van der Waals surface area contributed by atoms with Gasteiger partial charge in [-0.1, -0.05) is 12.1 Å². The van der Waals surface area contributed by atoms with Gasteiger partial charge in [0.15, 0.2) is 5.96 Å². The fourth-order valence-electron chi connectivity index (χ4n) is 3.28. The molecule has 0 saturated carbocycles. The average Bonchev–Trinajstić information content (AvgIpc) is 3.32. The number of methoxy groups -OCH3 is 1. The van der Waals surface area contributed by atoms with Gasteiger partial charge in [-0.2, -0.15) is 5.10 Å². The fourth-order valence-corrected chi connectivity index (χ4v) is 3.28. The van der Waals surface area contributed by atoms with E-state index in [0.717, 1.165) is 44.3 Å². The van der Waals surface area contributed by atoms with Gasteiger partial charge in [-0.05, 0) is 36.6 Å². The Morgan fingerprint density at radius 3 is 2.88 bits per heavy atom. The molecule has 0 bridgehead atoms. The van der Waals surface area contributed by atoms with Crippen LogP contribution in [0.2, 0.25) is 0 Å². The van der Waals surface area contributed by atoms with Crippen LogP contribution in [0.4, 0.5) is 0 Å². The third-order valence-electron chi connectivity index (χ3n) is 4.60. The summed E-state index contributed by atoms with van der Waals surface area (Å²) in [6.45, 7) is 3.77. The second-order valence-electron chi connectivity index (χ2n) is 6.40. The molecule has 1 aliphatic heterocycles. The van der Waals surface area contributed by atoms with Crippen molar-refractivity contribution in [3.63, 3.8) is 0 Å². The van der Waals surface area contributed by atoms with E-state index >= 15 is 0 Å². The monoisotopic (exact) mass is 341 g/mol. The number of aromatic nitrogens is 2. The second-order valence-corrected chi connectivity index (χ2v) is 6.40. The first-order valence-electron chi connectivity index (χ1n) is 8.83. The van der Waals surface area contributed by atoms with E-state index in [1.165, 1.54) is 12.0 Å². The summed E-state index contributed by atoms with van der Waals surface area (Å²) in [6, 6.07) is 10.5. The van der Waals surface area contributed by atoms with Crippen LogP contribution in [0.15, 0.2) is 47.7 Å². The average molecular weight is 341 g/mol. The van der Waals surface area contributed by atoms with Crippen molar-refractivity contribution in [1.29, 1.82) is 0 Å². The van der Waals surface area contributed by atoms with E-state index in [1.54, 1.807) is 13.3 Å². The number of hydrogen-bond donors (Lipinski definition) is 1. The molecule has 25 heavy (non-hydrogen) atoms. The van der Waals surface area contributed by atoms with Gasteiger partial charge in [0.25, 0.3) is 0 Å². The van der Waals surface area contributed by atoms with Crippen LogP contribution >= 0.6 is 0 Å². The summed E-state index contributed by atoms with van der Waals surface area (Å²) >= 11 is 0. The number of guanidine groups is 1. The first-order chi connectivity index (χ1) is 12.3. The fraction of sp³-hybridized carbons (Fsp3) is 0.474. The van der Waals surface area contributed by atoms with Gasteiger partial charge >= 0.3 is 0 Å². The predicted molar refractivity (Wildman–Crippen MR) is 100 cm³/mol. The van der Waals surface area contributed by atoms with Crippen LogP contribution in [0.1, 0.15) is 12.0 Å². The van der Waals surface area contributed by atoms with Crippen molar-refractivity contribution in [3.05, 3.63) is 48.3 Å². The van der Waals surface area contributed by atoms with E-state index < -0.39 is 0 Å². The molecule has 0 spiro atoms. The van der Waals surface area contributed by atoms with Gasteiger partial charge in [0.05, 0.1) is 12.3 Å². The minimum Gasteiger partial charge on any atom is -0.384 e. The molecule has 2 aromatic rings. The van der Waals surface area contributed by atoms with Crippen LogP contribution in [0.25, 0.3) is 5.69 Å². The molecule has 1 aliphatic rings. The van der Waals surface area contributed by atoms with Crippen molar-refractivity contribution >= 4 is 5.96 Å². The smallest absolute Gasteiger partial charge is 0.193 e. The number of likely N-dealkylation sites (tertiary alicyclic amines) is 1. The summed E-state index contributed by atoms with van der Waals surface area (Å²) in [5.74, 6) is 1.60. The lowest BCUT2D eigenvalue weighted by Gasteiger charge is -2.21. The van der Waals surface area contributed by atoms with Crippen LogP contribution in [-0.2, 0) is 11.2 Å². The predicted octanol–water partition coefficient (Wildman–Crippen LogP) is 1.96. The third kappa shape index (κ3) is 4.60. The van der Waals surface area contributed by atoms with Crippen LogP contribution in [0, 0.1) is 5.92 Å². The molecule has 1 saturated heterocycles. The molecular formula is C19H27N5O. The van der Waals surface area contributed by atoms with E-state index in [2.05, 4.69) is 44.6 Å². The van der Waals surface area contributed by atoms with Crippen LogP contribution in [-0.4, -0.2) is 61.0 Å². The molecule has 6 nitrogen and oxygen atoms in total. The minimum atomic E-state index is 0.610. The van der Waals surface area contributed by atoms with Crippen LogP contribution < -0.4 is 5.32 Å². The lowest BCUT2D eigenvalue weighted by atomic mass is 10.1. The highest BCUT2D eigenvalue weighted by molar-refractivity contribution is 5.80. The van der Waals surface area contributed by atoms with Crippen LogP contribution in [0.3, 0.4) is 0 Å². The van der Waals surface area contributed by atoms with Crippen molar-refractivity contribution in [2.45, 2.75) is 12.8 Å².